The second kappa shape index (κ2) is 6.86. The van der Waals surface area contributed by atoms with E-state index in [0.29, 0.717) is 6.54 Å². The number of aromatic nitrogens is 3. The average Bonchev–Trinajstić information content (AvgIpc) is 3.31. The van der Waals surface area contributed by atoms with Gasteiger partial charge in [-0.2, -0.15) is 0 Å². The molecule has 0 saturated carbocycles. The first-order valence-corrected chi connectivity index (χ1v) is 8.83. The monoisotopic (exact) mass is 348 g/mol. The lowest BCUT2D eigenvalue weighted by Gasteiger charge is -2.09. The number of hydrogen-bond donors (Lipinski definition) is 1. The summed E-state index contributed by atoms with van der Waals surface area (Å²) >= 11 is 1.64. The number of carbonyl (C=O) groups excluding carboxylic acids is 1. The minimum Gasteiger partial charge on any atom is -0.349 e. The summed E-state index contributed by atoms with van der Waals surface area (Å²) in [5.74, 6) is -0.0517. The number of rotatable bonds is 5. The SMILES string of the molecule is O=C(Cn1ccc2ccnc(-c3cccs3)c21)NCc1ccccn1. The molecular weight excluding hydrogens is 332 g/mol. The van der Waals surface area contributed by atoms with Crippen molar-refractivity contribution in [2.24, 2.45) is 0 Å². The van der Waals surface area contributed by atoms with Crippen molar-refractivity contribution >= 4 is 28.1 Å². The third-order valence-electron chi connectivity index (χ3n) is 3.94. The number of pyridine rings is 2. The Hall–Kier alpha value is -2.99. The van der Waals surface area contributed by atoms with E-state index >= 15 is 0 Å². The topological polar surface area (TPSA) is 59.8 Å². The maximum atomic E-state index is 12.3. The van der Waals surface area contributed by atoms with Crippen molar-refractivity contribution in [1.29, 1.82) is 0 Å². The largest absolute Gasteiger partial charge is 0.349 e. The molecule has 1 amide bonds. The molecule has 25 heavy (non-hydrogen) atoms. The second-order valence-corrected chi connectivity index (χ2v) is 6.56. The predicted molar refractivity (Wildman–Crippen MR) is 99.1 cm³/mol. The van der Waals surface area contributed by atoms with Crippen LogP contribution < -0.4 is 5.32 Å². The molecule has 0 aliphatic rings. The van der Waals surface area contributed by atoms with Gasteiger partial charge in [-0.1, -0.05) is 12.1 Å². The van der Waals surface area contributed by atoms with Crippen molar-refractivity contribution in [3.63, 3.8) is 0 Å². The minimum atomic E-state index is -0.0517. The van der Waals surface area contributed by atoms with Gasteiger partial charge in [-0.15, -0.1) is 11.3 Å². The summed E-state index contributed by atoms with van der Waals surface area (Å²) < 4.78 is 1.95. The summed E-state index contributed by atoms with van der Waals surface area (Å²) in [5.41, 5.74) is 2.74. The Morgan fingerprint density at radius 3 is 2.84 bits per heavy atom. The molecular formula is C19H16N4OS. The Morgan fingerprint density at radius 2 is 2.04 bits per heavy atom. The van der Waals surface area contributed by atoms with Gasteiger partial charge in [-0.05, 0) is 35.7 Å². The van der Waals surface area contributed by atoms with Gasteiger partial charge >= 0.3 is 0 Å². The molecule has 4 heterocycles. The van der Waals surface area contributed by atoms with Crippen LogP contribution >= 0.6 is 11.3 Å². The van der Waals surface area contributed by atoms with Crippen LogP contribution in [0.3, 0.4) is 0 Å². The molecule has 124 valence electrons. The van der Waals surface area contributed by atoms with Gasteiger partial charge in [0.05, 0.1) is 22.6 Å². The van der Waals surface area contributed by atoms with Crippen molar-refractivity contribution in [2.45, 2.75) is 13.1 Å². The number of thiophene rings is 1. The van der Waals surface area contributed by atoms with E-state index in [0.717, 1.165) is 27.2 Å². The standard InChI is InChI=1S/C19H16N4OS/c24-17(22-12-15-4-1-2-8-20-15)13-23-10-7-14-6-9-21-18(19(14)23)16-5-3-11-25-16/h1-11H,12-13H2,(H,22,24). The van der Waals surface area contributed by atoms with E-state index in [1.165, 1.54) is 0 Å². The van der Waals surface area contributed by atoms with Crippen LogP contribution in [0, 0.1) is 0 Å². The molecule has 0 aliphatic carbocycles. The van der Waals surface area contributed by atoms with Crippen molar-refractivity contribution in [1.82, 2.24) is 19.9 Å². The van der Waals surface area contributed by atoms with Crippen molar-refractivity contribution in [3.05, 3.63) is 72.1 Å². The van der Waals surface area contributed by atoms with Gasteiger partial charge < -0.3 is 9.88 Å². The second-order valence-electron chi connectivity index (χ2n) is 5.62. The first-order valence-electron chi connectivity index (χ1n) is 7.95. The molecule has 0 fully saturated rings. The molecule has 4 rings (SSSR count). The molecule has 0 aromatic carbocycles. The summed E-state index contributed by atoms with van der Waals surface area (Å²) in [5, 5.41) is 6.03. The zero-order chi connectivity index (χ0) is 17.1. The molecule has 1 N–H and O–H groups in total. The van der Waals surface area contributed by atoms with E-state index < -0.39 is 0 Å². The van der Waals surface area contributed by atoms with E-state index in [9.17, 15) is 4.79 Å². The fraction of sp³-hybridized carbons (Fsp3) is 0.105. The van der Waals surface area contributed by atoms with Crippen LogP contribution in [-0.4, -0.2) is 20.4 Å². The fourth-order valence-electron chi connectivity index (χ4n) is 2.78. The zero-order valence-corrected chi connectivity index (χ0v) is 14.2. The summed E-state index contributed by atoms with van der Waals surface area (Å²) in [6.07, 6.45) is 5.46. The number of amides is 1. The first-order chi connectivity index (χ1) is 12.3. The van der Waals surface area contributed by atoms with Crippen molar-refractivity contribution in [3.8, 4) is 10.6 Å². The van der Waals surface area contributed by atoms with Gasteiger partial charge in [0.25, 0.3) is 0 Å². The number of nitrogens with one attached hydrogen (secondary N) is 1. The Labute approximate surface area is 149 Å². The summed E-state index contributed by atoms with van der Waals surface area (Å²) in [7, 11) is 0. The smallest absolute Gasteiger partial charge is 0.240 e. The molecule has 6 heteroatoms. The molecule has 0 spiro atoms. The van der Waals surface area contributed by atoms with Gasteiger partial charge in [-0.25, -0.2) is 0 Å². The van der Waals surface area contributed by atoms with Crippen LogP contribution in [0.5, 0.6) is 0 Å². The highest BCUT2D eigenvalue weighted by Crippen LogP contribution is 2.30. The lowest BCUT2D eigenvalue weighted by atomic mass is 10.2. The zero-order valence-electron chi connectivity index (χ0n) is 13.4. The average molecular weight is 348 g/mol. The number of hydrogen-bond acceptors (Lipinski definition) is 4. The summed E-state index contributed by atoms with van der Waals surface area (Å²) in [6, 6.07) is 13.7. The van der Waals surface area contributed by atoms with Crippen LogP contribution in [0.15, 0.2) is 66.4 Å². The van der Waals surface area contributed by atoms with Gasteiger partial charge in [0.15, 0.2) is 0 Å². The number of nitrogens with zero attached hydrogens (tertiary/aromatic N) is 3. The fourth-order valence-corrected chi connectivity index (χ4v) is 3.50. The third kappa shape index (κ3) is 3.29. The minimum absolute atomic E-state index is 0.0517. The van der Waals surface area contributed by atoms with Gasteiger partial charge in [0.1, 0.15) is 12.2 Å². The van der Waals surface area contributed by atoms with Gasteiger partial charge in [-0.3, -0.25) is 14.8 Å². The highest BCUT2D eigenvalue weighted by Gasteiger charge is 2.13. The van der Waals surface area contributed by atoms with E-state index in [1.807, 2.05) is 64.8 Å². The molecule has 0 atom stereocenters. The molecule has 4 aromatic heterocycles. The van der Waals surface area contributed by atoms with E-state index in [1.54, 1.807) is 17.5 Å². The number of fused-ring (bicyclic) bond motifs is 1. The lowest BCUT2D eigenvalue weighted by Crippen LogP contribution is -2.27. The summed E-state index contributed by atoms with van der Waals surface area (Å²) in [6.45, 7) is 0.676. The van der Waals surface area contributed by atoms with Crippen LogP contribution in [-0.2, 0) is 17.9 Å². The molecule has 4 aromatic rings. The molecule has 0 unspecified atom stereocenters. The Balaban J connectivity index is 1.56. The lowest BCUT2D eigenvalue weighted by molar-refractivity contribution is -0.121. The van der Waals surface area contributed by atoms with Crippen molar-refractivity contribution in [2.75, 3.05) is 0 Å². The molecule has 0 saturated heterocycles. The third-order valence-corrected chi connectivity index (χ3v) is 4.81. The Kier molecular flexibility index (Phi) is 4.26. The molecule has 0 bridgehead atoms. The molecule has 0 radical (unpaired) electrons. The van der Waals surface area contributed by atoms with Crippen LogP contribution in [0.4, 0.5) is 0 Å². The van der Waals surface area contributed by atoms with Crippen LogP contribution in [0.2, 0.25) is 0 Å². The Bertz CT molecular complexity index is 993. The van der Waals surface area contributed by atoms with Crippen LogP contribution in [0.25, 0.3) is 21.5 Å². The maximum absolute atomic E-state index is 12.3. The van der Waals surface area contributed by atoms with E-state index in [4.69, 9.17) is 0 Å². The quantitative estimate of drug-likeness (QED) is 0.601. The Morgan fingerprint density at radius 1 is 1.08 bits per heavy atom. The predicted octanol–water partition coefficient (Wildman–Crippen LogP) is 3.48. The first kappa shape index (κ1) is 15.5. The highest BCUT2D eigenvalue weighted by molar-refractivity contribution is 7.13. The highest BCUT2D eigenvalue weighted by atomic mass is 32.1. The van der Waals surface area contributed by atoms with Crippen LogP contribution in [0.1, 0.15) is 5.69 Å². The molecule has 5 nitrogen and oxygen atoms in total. The van der Waals surface area contributed by atoms with Crippen molar-refractivity contribution < 1.29 is 4.79 Å². The maximum Gasteiger partial charge on any atom is 0.240 e. The van der Waals surface area contributed by atoms with E-state index in [2.05, 4.69) is 15.3 Å². The van der Waals surface area contributed by atoms with Gasteiger partial charge in [0, 0.05) is 24.0 Å². The van der Waals surface area contributed by atoms with E-state index in [-0.39, 0.29) is 12.5 Å². The van der Waals surface area contributed by atoms with Gasteiger partial charge in [0.2, 0.25) is 5.91 Å². The molecule has 0 aliphatic heterocycles. The normalized spacial score (nSPS) is 10.9. The number of carbonyl (C=O) groups is 1. The summed E-state index contributed by atoms with van der Waals surface area (Å²) in [4.78, 5) is 22.2.